The SMILES string of the molecule is O=C(NC(Cc1cncs1)C(=O)NCC1(C(=O)O)CC1)OCC1c2ccccc2-c2ccccc21. The number of carboxylic acids is 1. The van der Waals surface area contributed by atoms with Crippen LogP contribution in [-0.4, -0.2) is 47.3 Å². The van der Waals surface area contributed by atoms with Crippen molar-refractivity contribution in [3.63, 3.8) is 0 Å². The second kappa shape index (κ2) is 9.50. The van der Waals surface area contributed by atoms with Gasteiger partial charge in [-0.1, -0.05) is 48.5 Å². The molecule has 3 aromatic rings. The number of fused-ring (bicyclic) bond motifs is 3. The average Bonchev–Trinajstić information content (AvgIpc) is 3.37. The predicted molar refractivity (Wildman–Crippen MR) is 130 cm³/mol. The fraction of sp³-hybridized carbons (Fsp3) is 0.308. The Balaban J connectivity index is 1.24. The van der Waals surface area contributed by atoms with Crippen molar-refractivity contribution in [2.45, 2.75) is 31.2 Å². The molecule has 1 fully saturated rings. The number of nitrogens with zero attached hydrogens (tertiary/aromatic N) is 1. The Bertz CT molecular complexity index is 1210. The van der Waals surface area contributed by atoms with Crippen molar-refractivity contribution in [3.05, 3.63) is 76.2 Å². The molecule has 1 atom stereocenters. The summed E-state index contributed by atoms with van der Waals surface area (Å²) in [4.78, 5) is 42.0. The van der Waals surface area contributed by atoms with Crippen LogP contribution in [0.3, 0.4) is 0 Å². The lowest BCUT2D eigenvalue weighted by molar-refractivity contribution is -0.143. The second-order valence-electron chi connectivity index (χ2n) is 9.00. The Morgan fingerprint density at radius 2 is 1.74 bits per heavy atom. The summed E-state index contributed by atoms with van der Waals surface area (Å²) in [5, 5.41) is 14.7. The zero-order chi connectivity index (χ0) is 24.4. The lowest BCUT2D eigenvalue weighted by Crippen LogP contribution is -2.49. The van der Waals surface area contributed by atoms with Crippen LogP contribution in [0.2, 0.25) is 0 Å². The molecule has 1 heterocycles. The number of aromatic nitrogens is 1. The summed E-state index contributed by atoms with van der Waals surface area (Å²) in [6.07, 6.45) is 2.24. The number of hydrogen-bond acceptors (Lipinski definition) is 6. The van der Waals surface area contributed by atoms with E-state index in [1.165, 1.54) is 11.3 Å². The normalized spacial score (nSPS) is 16.0. The number of hydrogen-bond donors (Lipinski definition) is 3. The van der Waals surface area contributed by atoms with Crippen molar-refractivity contribution in [1.29, 1.82) is 0 Å². The summed E-state index contributed by atoms with van der Waals surface area (Å²) in [6.45, 7) is 0.170. The topological polar surface area (TPSA) is 118 Å². The number of thiazole rings is 1. The van der Waals surface area contributed by atoms with E-state index in [9.17, 15) is 19.5 Å². The zero-order valence-corrected chi connectivity index (χ0v) is 19.7. The fourth-order valence-electron chi connectivity index (χ4n) is 4.53. The van der Waals surface area contributed by atoms with Crippen LogP contribution in [0.4, 0.5) is 4.79 Å². The molecular formula is C26H25N3O5S. The zero-order valence-electron chi connectivity index (χ0n) is 18.9. The Hall–Kier alpha value is -3.72. The van der Waals surface area contributed by atoms with Gasteiger partial charge in [-0.05, 0) is 35.1 Å². The third-order valence-corrected chi connectivity index (χ3v) is 7.55. The summed E-state index contributed by atoms with van der Waals surface area (Å²) < 4.78 is 5.60. The largest absolute Gasteiger partial charge is 0.481 e. The van der Waals surface area contributed by atoms with E-state index in [-0.39, 0.29) is 25.5 Å². The van der Waals surface area contributed by atoms with Gasteiger partial charge in [-0.25, -0.2) is 4.79 Å². The maximum atomic E-state index is 12.9. The molecule has 1 aromatic heterocycles. The first-order chi connectivity index (χ1) is 17.0. The summed E-state index contributed by atoms with van der Waals surface area (Å²) in [6, 6.07) is 15.2. The molecule has 0 saturated heterocycles. The van der Waals surface area contributed by atoms with E-state index in [0.717, 1.165) is 27.1 Å². The van der Waals surface area contributed by atoms with Gasteiger partial charge < -0.3 is 20.5 Å². The summed E-state index contributed by atoms with van der Waals surface area (Å²) >= 11 is 1.38. The molecule has 2 aliphatic rings. The van der Waals surface area contributed by atoms with Gasteiger partial charge in [0.05, 0.1) is 10.9 Å². The molecule has 180 valence electrons. The number of rotatable bonds is 9. The minimum absolute atomic E-state index is 0.0345. The Morgan fingerprint density at radius 1 is 1.09 bits per heavy atom. The number of carboxylic acid groups (broad SMARTS) is 1. The Kier molecular flexibility index (Phi) is 6.25. The summed E-state index contributed by atoms with van der Waals surface area (Å²) in [7, 11) is 0. The number of alkyl carbamates (subject to hydrolysis) is 1. The van der Waals surface area contributed by atoms with E-state index in [1.54, 1.807) is 11.7 Å². The van der Waals surface area contributed by atoms with E-state index in [4.69, 9.17) is 4.74 Å². The molecular weight excluding hydrogens is 466 g/mol. The molecule has 0 bridgehead atoms. The molecule has 2 amide bonds. The van der Waals surface area contributed by atoms with Crippen molar-refractivity contribution in [3.8, 4) is 11.1 Å². The van der Waals surface area contributed by atoms with Crippen molar-refractivity contribution in [1.82, 2.24) is 15.6 Å². The first-order valence-electron chi connectivity index (χ1n) is 11.5. The molecule has 1 unspecified atom stereocenters. The maximum absolute atomic E-state index is 12.9. The van der Waals surface area contributed by atoms with Gasteiger partial charge in [-0.15, -0.1) is 11.3 Å². The molecule has 0 aliphatic heterocycles. The second-order valence-corrected chi connectivity index (χ2v) is 9.97. The lowest BCUT2D eigenvalue weighted by atomic mass is 9.98. The van der Waals surface area contributed by atoms with Crippen molar-refractivity contribution < 1.29 is 24.2 Å². The smallest absolute Gasteiger partial charge is 0.407 e. The summed E-state index contributed by atoms with van der Waals surface area (Å²) in [5.41, 5.74) is 5.22. The molecule has 8 nitrogen and oxygen atoms in total. The first kappa shape index (κ1) is 23.0. The average molecular weight is 492 g/mol. The van der Waals surface area contributed by atoms with Gasteiger partial charge in [0.2, 0.25) is 5.91 Å². The highest BCUT2D eigenvalue weighted by molar-refractivity contribution is 7.09. The van der Waals surface area contributed by atoms with Crippen LogP contribution in [0, 0.1) is 5.41 Å². The van der Waals surface area contributed by atoms with E-state index >= 15 is 0 Å². The van der Waals surface area contributed by atoms with E-state index in [1.807, 2.05) is 36.4 Å². The number of benzene rings is 2. The van der Waals surface area contributed by atoms with Crippen molar-refractivity contribution in [2.24, 2.45) is 5.41 Å². The van der Waals surface area contributed by atoms with Gasteiger partial charge in [0, 0.05) is 30.0 Å². The standard InChI is InChI=1S/C26H25N3O5S/c30-23(28-14-26(9-10-26)24(31)32)22(11-16-12-27-15-35-16)29-25(33)34-13-21-19-7-3-1-5-17(19)18-6-2-4-8-20(18)21/h1-8,12,15,21-22H,9-11,13-14H2,(H,28,30)(H,29,33)(H,31,32). The van der Waals surface area contributed by atoms with Crippen LogP contribution in [0.1, 0.15) is 34.8 Å². The van der Waals surface area contributed by atoms with Crippen LogP contribution < -0.4 is 10.6 Å². The number of carbonyl (C=O) groups excluding carboxylic acids is 2. The lowest BCUT2D eigenvalue weighted by Gasteiger charge is -2.20. The Labute approximate surface area is 206 Å². The monoisotopic (exact) mass is 491 g/mol. The quantitative estimate of drug-likeness (QED) is 0.421. The maximum Gasteiger partial charge on any atom is 0.407 e. The van der Waals surface area contributed by atoms with Gasteiger partial charge in [0.1, 0.15) is 12.6 Å². The van der Waals surface area contributed by atoms with E-state index < -0.39 is 29.4 Å². The highest BCUT2D eigenvalue weighted by Crippen LogP contribution is 2.45. The molecule has 2 aliphatic carbocycles. The van der Waals surface area contributed by atoms with E-state index in [2.05, 4.69) is 27.8 Å². The molecule has 0 spiro atoms. The molecule has 3 N–H and O–H groups in total. The molecule has 5 rings (SSSR count). The predicted octanol–water partition coefficient (Wildman–Crippen LogP) is 3.57. The van der Waals surface area contributed by atoms with Crippen molar-refractivity contribution in [2.75, 3.05) is 13.2 Å². The highest BCUT2D eigenvalue weighted by atomic mass is 32.1. The molecule has 1 saturated carbocycles. The molecule has 2 aromatic carbocycles. The molecule has 9 heteroatoms. The minimum Gasteiger partial charge on any atom is -0.481 e. The molecule has 35 heavy (non-hydrogen) atoms. The van der Waals surface area contributed by atoms with Crippen LogP contribution in [-0.2, 0) is 20.7 Å². The third-order valence-electron chi connectivity index (χ3n) is 6.75. The highest BCUT2D eigenvalue weighted by Gasteiger charge is 2.50. The number of carbonyl (C=O) groups is 3. The van der Waals surface area contributed by atoms with Gasteiger partial charge in [0.25, 0.3) is 0 Å². The van der Waals surface area contributed by atoms with Gasteiger partial charge >= 0.3 is 12.1 Å². The van der Waals surface area contributed by atoms with Crippen LogP contribution >= 0.6 is 11.3 Å². The van der Waals surface area contributed by atoms with E-state index in [0.29, 0.717) is 12.8 Å². The van der Waals surface area contributed by atoms with Crippen LogP contribution in [0.25, 0.3) is 11.1 Å². The first-order valence-corrected chi connectivity index (χ1v) is 12.3. The van der Waals surface area contributed by atoms with Crippen LogP contribution in [0.5, 0.6) is 0 Å². The third kappa shape index (κ3) is 4.77. The minimum atomic E-state index is -0.915. The molecule has 0 radical (unpaired) electrons. The Morgan fingerprint density at radius 3 is 2.31 bits per heavy atom. The van der Waals surface area contributed by atoms with Gasteiger partial charge in [0.15, 0.2) is 0 Å². The number of nitrogens with one attached hydrogen (secondary N) is 2. The number of amides is 2. The fourth-order valence-corrected chi connectivity index (χ4v) is 5.17. The van der Waals surface area contributed by atoms with Crippen LogP contribution in [0.15, 0.2) is 60.2 Å². The summed E-state index contributed by atoms with van der Waals surface area (Å²) in [5.74, 6) is -1.45. The number of ether oxygens (including phenoxy) is 1. The van der Waals surface area contributed by atoms with Gasteiger partial charge in [-0.2, -0.15) is 0 Å². The number of aliphatic carboxylic acids is 1. The van der Waals surface area contributed by atoms with Gasteiger partial charge in [-0.3, -0.25) is 14.6 Å². The van der Waals surface area contributed by atoms with Crippen molar-refractivity contribution >= 4 is 29.3 Å².